The quantitative estimate of drug-likeness (QED) is 0.631. The van der Waals surface area contributed by atoms with Gasteiger partial charge >= 0.3 is 0 Å². The maximum absolute atomic E-state index is 5.78. The Kier molecular flexibility index (Phi) is 6.33. The highest BCUT2D eigenvalue weighted by Gasteiger charge is 2.04. The van der Waals surface area contributed by atoms with Gasteiger partial charge in [0.1, 0.15) is 0 Å². The van der Waals surface area contributed by atoms with Gasteiger partial charge in [0.15, 0.2) is 0 Å². The van der Waals surface area contributed by atoms with Crippen LogP contribution < -0.4 is 5.32 Å². The first kappa shape index (κ1) is 14.6. The summed E-state index contributed by atoms with van der Waals surface area (Å²) in [7, 11) is 0. The molecule has 1 aromatic heterocycles. The summed E-state index contributed by atoms with van der Waals surface area (Å²) in [6, 6.07) is 3.94. The zero-order chi connectivity index (χ0) is 13.4. The second kappa shape index (κ2) is 7.80. The minimum absolute atomic E-state index is 0.192. The van der Waals surface area contributed by atoms with Gasteiger partial charge in [-0.15, -0.1) is 0 Å². The molecule has 0 aliphatic rings. The van der Waals surface area contributed by atoms with Crippen LogP contribution in [0.2, 0.25) is 5.02 Å². The van der Waals surface area contributed by atoms with Crippen molar-refractivity contribution >= 4 is 17.3 Å². The van der Waals surface area contributed by atoms with E-state index in [0.29, 0.717) is 11.6 Å². The van der Waals surface area contributed by atoms with Crippen molar-refractivity contribution < 1.29 is 0 Å². The van der Waals surface area contributed by atoms with E-state index in [4.69, 9.17) is 11.6 Å². The molecule has 0 aliphatic carbocycles. The molecule has 18 heavy (non-hydrogen) atoms. The molecule has 1 heterocycles. The summed E-state index contributed by atoms with van der Waals surface area (Å²) in [5.74, 6) is 0. The molecule has 0 fully saturated rings. The minimum Gasteiger partial charge on any atom is -0.303 e. The largest absolute Gasteiger partial charge is 0.303 e. The predicted octanol–water partition coefficient (Wildman–Crippen LogP) is 3.37. The fourth-order valence-corrected chi connectivity index (χ4v) is 1.36. The number of aliphatic imine (C=N–C) groups is 1. The van der Waals surface area contributed by atoms with Crippen molar-refractivity contribution in [2.45, 2.75) is 26.4 Å². The molecule has 0 saturated heterocycles. The van der Waals surface area contributed by atoms with Crippen molar-refractivity contribution in [2.24, 2.45) is 4.99 Å². The van der Waals surface area contributed by atoms with Crippen LogP contribution in [0.25, 0.3) is 0 Å². The highest BCUT2D eigenvalue weighted by molar-refractivity contribution is 6.30. The number of pyridine rings is 1. The molecule has 1 atom stereocenters. The number of hydrogen-bond donors (Lipinski definition) is 1. The van der Waals surface area contributed by atoms with Gasteiger partial charge in [-0.2, -0.15) is 0 Å². The number of nitrogens with zero attached hydrogens (tertiary/aromatic N) is 2. The second-order valence-electron chi connectivity index (χ2n) is 3.92. The standard InChI is InChI=1S/C14H18ClN3/c1-4-5-8-16-11(2)12(3)17-10-14-7-6-13(15)9-18-14/h4-9,12,17H,1,10H2,2-3H3/b8-5-,16-11+/t12-/m1/s1. The lowest BCUT2D eigenvalue weighted by Gasteiger charge is -2.12. The number of halogens is 1. The molecular formula is C14H18ClN3. The van der Waals surface area contributed by atoms with E-state index in [9.17, 15) is 0 Å². The second-order valence-corrected chi connectivity index (χ2v) is 4.35. The van der Waals surface area contributed by atoms with E-state index >= 15 is 0 Å². The Balaban J connectivity index is 2.47. The van der Waals surface area contributed by atoms with Crippen LogP contribution in [0.3, 0.4) is 0 Å². The summed E-state index contributed by atoms with van der Waals surface area (Å²) in [6.45, 7) is 8.34. The van der Waals surface area contributed by atoms with E-state index in [2.05, 4.69) is 28.8 Å². The molecule has 0 bridgehead atoms. The third kappa shape index (κ3) is 5.25. The fraction of sp³-hybridized carbons (Fsp3) is 0.286. The topological polar surface area (TPSA) is 37.3 Å². The molecule has 0 radical (unpaired) electrons. The van der Waals surface area contributed by atoms with E-state index in [1.165, 1.54) is 0 Å². The SMILES string of the molecule is C=C/C=C\N=C(/C)[C@@H](C)NCc1ccc(Cl)cn1. The first-order valence-corrected chi connectivity index (χ1v) is 6.17. The molecule has 96 valence electrons. The lowest BCUT2D eigenvalue weighted by molar-refractivity contribution is 0.645. The number of hydrogen-bond acceptors (Lipinski definition) is 3. The fourth-order valence-electron chi connectivity index (χ4n) is 1.25. The monoisotopic (exact) mass is 263 g/mol. The molecule has 1 aromatic rings. The molecule has 3 nitrogen and oxygen atoms in total. The number of allylic oxidation sites excluding steroid dienone is 2. The van der Waals surface area contributed by atoms with E-state index in [-0.39, 0.29) is 6.04 Å². The van der Waals surface area contributed by atoms with Crippen molar-refractivity contribution in [3.8, 4) is 0 Å². The first-order valence-electron chi connectivity index (χ1n) is 5.79. The average molecular weight is 264 g/mol. The number of rotatable bonds is 6. The van der Waals surface area contributed by atoms with Crippen LogP contribution in [-0.2, 0) is 6.54 Å². The smallest absolute Gasteiger partial charge is 0.0589 e. The first-order chi connectivity index (χ1) is 8.63. The Morgan fingerprint density at radius 3 is 3.00 bits per heavy atom. The van der Waals surface area contributed by atoms with Gasteiger partial charge in [0.05, 0.1) is 10.7 Å². The lowest BCUT2D eigenvalue weighted by atomic mass is 10.2. The molecule has 0 aliphatic heterocycles. The van der Waals surface area contributed by atoms with Crippen LogP contribution >= 0.6 is 11.6 Å². The van der Waals surface area contributed by atoms with Crippen molar-refractivity contribution in [1.29, 1.82) is 0 Å². The van der Waals surface area contributed by atoms with Gasteiger partial charge in [0.2, 0.25) is 0 Å². The predicted molar refractivity (Wildman–Crippen MR) is 78.0 cm³/mol. The van der Waals surface area contributed by atoms with E-state index in [1.807, 2.05) is 19.1 Å². The number of nitrogens with one attached hydrogen (secondary N) is 1. The zero-order valence-electron chi connectivity index (χ0n) is 10.7. The zero-order valence-corrected chi connectivity index (χ0v) is 11.5. The third-order valence-corrected chi connectivity index (χ3v) is 2.73. The summed E-state index contributed by atoms with van der Waals surface area (Å²) in [4.78, 5) is 8.52. The molecule has 4 heteroatoms. The highest BCUT2D eigenvalue weighted by atomic mass is 35.5. The maximum Gasteiger partial charge on any atom is 0.0589 e. The van der Waals surface area contributed by atoms with E-state index < -0.39 is 0 Å². The normalized spacial score (nSPS) is 13.8. The van der Waals surface area contributed by atoms with Gasteiger partial charge < -0.3 is 5.32 Å². The minimum atomic E-state index is 0.192. The van der Waals surface area contributed by atoms with Crippen molar-refractivity contribution in [3.05, 3.63) is 54.0 Å². The van der Waals surface area contributed by atoms with E-state index in [0.717, 1.165) is 11.4 Å². The van der Waals surface area contributed by atoms with Crippen LogP contribution in [0.4, 0.5) is 0 Å². The third-order valence-electron chi connectivity index (χ3n) is 2.50. The van der Waals surface area contributed by atoms with Gasteiger partial charge in [0, 0.05) is 30.7 Å². The summed E-state index contributed by atoms with van der Waals surface area (Å²) in [5, 5.41) is 4.00. The Morgan fingerprint density at radius 1 is 1.61 bits per heavy atom. The van der Waals surface area contributed by atoms with Crippen molar-refractivity contribution in [2.75, 3.05) is 0 Å². The summed E-state index contributed by atoms with van der Waals surface area (Å²) < 4.78 is 0. The Morgan fingerprint density at radius 2 is 2.39 bits per heavy atom. The molecule has 0 amide bonds. The highest BCUT2D eigenvalue weighted by Crippen LogP contribution is 2.06. The summed E-state index contributed by atoms with van der Waals surface area (Å²) in [5.41, 5.74) is 1.97. The maximum atomic E-state index is 5.78. The molecule has 0 saturated carbocycles. The van der Waals surface area contributed by atoms with Gasteiger partial charge in [-0.05, 0) is 32.1 Å². The Bertz CT molecular complexity index is 435. The van der Waals surface area contributed by atoms with E-state index in [1.54, 1.807) is 24.5 Å². The van der Waals surface area contributed by atoms with Crippen LogP contribution in [0, 0.1) is 0 Å². The molecule has 1 rings (SSSR count). The van der Waals surface area contributed by atoms with Crippen LogP contribution in [0.15, 0.2) is 48.3 Å². The number of aromatic nitrogens is 1. The molecule has 0 unspecified atom stereocenters. The molecule has 1 N–H and O–H groups in total. The molecule has 0 aromatic carbocycles. The van der Waals surface area contributed by atoms with Gasteiger partial charge in [-0.3, -0.25) is 9.98 Å². The van der Waals surface area contributed by atoms with Crippen LogP contribution in [0.5, 0.6) is 0 Å². The van der Waals surface area contributed by atoms with Crippen molar-refractivity contribution in [3.63, 3.8) is 0 Å². The summed E-state index contributed by atoms with van der Waals surface area (Å²) in [6.07, 6.45) is 6.89. The van der Waals surface area contributed by atoms with Gasteiger partial charge in [-0.25, -0.2) is 0 Å². The summed E-state index contributed by atoms with van der Waals surface area (Å²) >= 11 is 5.78. The average Bonchev–Trinajstić information content (AvgIpc) is 2.38. The van der Waals surface area contributed by atoms with Crippen LogP contribution in [-0.4, -0.2) is 16.7 Å². The van der Waals surface area contributed by atoms with Gasteiger partial charge in [0.25, 0.3) is 0 Å². The van der Waals surface area contributed by atoms with Crippen LogP contribution in [0.1, 0.15) is 19.5 Å². The Labute approximate surface area is 113 Å². The lowest BCUT2D eigenvalue weighted by Crippen LogP contribution is -2.32. The molecule has 0 spiro atoms. The van der Waals surface area contributed by atoms with Gasteiger partial charge in [-0.1, -0.05) is 24.3 Å². The molecular weight excluding hydrogens is 246 g/mol. The Hall–Kier alpha value is -1.45. The van der Waals surface area contributed by atoms with Crippen molar-refractivity contribution in [1.82, 2.24) is 10.3 Å².